The van der Waals surface area contributed by atoms with Crippen molar-refractivity contribution in [1.82, 2.24) is 34.9 Å². The molecule has 4 heterocycles. The number of hydrogen-bond donors (Lipinski definition) is 3. The lowest BCUT2D eigenvalue weighted by atomic mass is 10.1. The van der Waals surface area contributed by atoms with Crippen LogP contribution in [0.25, 0.3) is 22.2 Å². The van der Waals surface area contributed by atoms with Gasteiger partial charge in [-0.15, -0.1) is 0 Å². The highest BCUT2D eigenvalue weighted by Gasteiger charge is 2.22. The third kappa shape index (κ3) is 4.41. The van der Waals surface area contributed by atoms with Crippen LogP contribution in [0.1, 0.15) is 31.4 Å². The molecule has 9 heteroatoms. The average Bonchev–Trinajstić information content (AvgIpc) is 3.40. The van der Waals surface area contributed by atoms with E-state index in [-0.39, 0.29) is 5.82 Å². The van der Waals surface area contributed by atoms with E-state index in [9.17, 15) is 4.39 Å². The second-order valence-corrected chi connectivity index (χ2v) is 9.39. The Kier molecular flexibility index (Phi) is 5.50. The molecule has 176 valence electrons. The van der Waals surface area contributed by atoms with Gasteiger partial charge in [-0.05, 0) is 49.4 Å². The highest BCUT2D eigenvalue weighted by molar-refractivity contribution is 5.84. The molecule has 1 saturated carbocycles. The minimum Gasteiger partial charge on any atom is -0.324 e. The van der Waals surface area contributed by atoms with Gasteiger partial charge in [0.1, 0.15) is 11.6 Å². The fourth-order valence-corrected chi connectivity index (χ4v) is 4.65. The van der Waals surface area contributed by atoms with Gasteiger partial charge in [0.15, 0.2) is 0 Å². The maximum absolute atomic E-state index is 14.9. The van der Waals surface area contributed by atoms with Crippen LogP contribution in [0.15, 0.2) is 42.9 Å². The summed E-state index contributed by atoms with van der Waals surface area (Å²) in [5.41, 5.74) is 3.82. The Hall–Kier alpha value is -3.30. The van der Waals surface area contributed by atoms with Crippen LogP contribution >= 0.6 is 0 Å². The van der Waals surface area contributed by atoms with Gasteiger partial charge in [-0.1, -0.05) is 0 Å². The molecule has 1 unspecified atom stereocenters. The van der Waals surface area contributed by atoms with Crippen LogP contribution in [-0.4, -0.2) is 55.8 Å². The molecule has 0 amide bonds. The van der Waals surface area contributed by atoms with E-state index in [1.54, 1.807) is 12.3 Å². The Morgan fingerprint density at radius 1 is 1.21 bits per heavy atom. The van der Waals surface area contributed by atoms with E-state index in [4.69, 9.17) is 0 Å². The second-order valence-electron chi connectivity index (χ2n) is 9.39. The van der Waals surface area contributed by atoms with Crippen molar-refractivity contribution < 1.29 is 4.39 Å². The molecular weight excluding hydrogens is 431 g/mol. The summed E-state index contributed by atoms with van der Waals surface area (Å²) in [7, 11) is 0. The first-order chi connectivity index (χ1) is 16.6. The number of anilines is 2. The highest BCUT2D eigenvalue weighted by atomic mass is 19.1. The van der Waals surface area contributed by atoms with E-state index in [1.165, 1.54) is 24.5 Å². The molecule has 4 aromatic rings. The quantitative estimate of drug-likeness (QED) is 0.385. The molecule has 8 nitrogen and oxygen atoms in total. The van der Waals surface area contributed by atoms with Gasteiger partial charge in [-0.3, -0.25) is 9.58 Å². The number of fused-ring (bicyclic) bond motifs is 1. The zero-order valence-corrected chi connectivity index (χ0v) is 19.3. The third-order valence-electron chi connectivity index (χ3n) is 6.87. The SMILES string of the molecule is CC(c1ccnc(Nc2nc3cc(-c4cnn(CC5CC5)c4)c(F)cc3[nH]2)c1)N1CCNCC1. The summed E-state index contributed by atoms with van der Waals surface area (Å²) in [5.74, 6) is 1.67. The lowest BCUT2D eigenvalue weighted by Crippen LogP contribution is -2.44. The van der Waals surface area contributed by atoms with Crippen molar-refractivity contribution in [1.29, 1.82) is 0 Å². The maximum Gasteiger partial charge on any atom is 0.206 e. The molecule has 0 bridgehead atoms. The molecule has 1 saturated heterocycles. The number of benzene rings is 1. The van der Waals surface area contributed by atoms with Crippen LogP contribution in [0.3, 0.4) is 0 Å². The molecule has 0 radical (unpaired) electrons. The second kappa shape index (κ2) is 8.81. The lowest BCUT2D eigenvalue weighted by Gasteiger charge is -2.33. The van der Waals surface area contributed by atoms with Crippen LogP contribution in [0.4, 0.5) is 16.2 Å². The predicted molar refractivity (Wildman–Crippen MR) is 130 cm³/mol. The first-order valence-corrected chi connectivity index (χ1v) is 12.0. The van der Waals surface area contributed by atoms with Gasteiger partial charge in [-0.25, -0.2) is 14.4 Å². The summed E-state index contributed by atoms with van der Waals surface area (Å²) in [6.45, 7) is 7.22. The molecule has 6 rings (SSSR count). The summed E-state index contributed by atoms with van der Waals surface area (Å²) in [6, 6.07) is 7.69. The molecule has 1 aliphatic carbocycles. The number of pyridine rings is 1. The van der Waals surface area contributed by atoms with Gasteiger partial charge in [0, 0.05) is 68.4 Å². The van der Waals surface area contributed by atoms with Crippen molar-refractivity contribution in [3.63, 3.8) is 0 Å². The molecule has 2 aliphatic rings. The van der Waals surface area contributed by atoms with Crippen molar-refractivity contribution in [3.8, 4) is 11.1 Å². The molecule has 3 aromatic heterocycles. The summed E-state index contributed by atoms with van der Waals surface area (Å²) < 4.78 is 16.8. The number of aromatic amines is 1. The number of imidazole rings is 1. The van der Waals surface area contributed by atoms with Crippen LogP contribution in [0, 0.1) is 11.7 Å². The third-order valence-corrected chi connectivity index (χ3v) is 6.87. The van der Waals surface area contributed by atoms with E-state index in [0.29, 0.717) is 40.3 Å². The van der Waals surface area contributed by atoms with E-state index >= 15 is 0 Å². The maximum atomic E-state index is 14.9. The topological polar surface area (TPSA) is 86.7 Å². The molecule has 2 fully saturated rings. The van der Waals surface area contributed by atoms with Gasteiger partial charge in [0.2, 0.25) is 5.95 Å². The van der Waals surface area contributed by atoms with Gasteiger partial charge in [0.05, 0.1) is 17.2 Å². The molecule has 1 aliphatic heterocycles. The number of halogens is 1. The number of rotatable bonds is 7. The molecule has 3 N–H and O–H groups in total. The van der Waals surface area contributed by atoms with Crippen molar-refractivity contribution in [2.75, 3.05) is 31.5 Å². The first kappa shape index (κ1) is 21.2. The Morgan fingerprint density at radius 3 is 2.88 bits per heavy atom. The monoisotopic (exact) mass is 460 g/mol. The summed E-state index contributed by atoms with van der Waals surface area (Å²) in [5, 5.41) is 11.1. The van der Waals surface area contributed by atoms with E-state index in [2.05, 4.69) is 54.6 Å². The van der Waals surface area contributed by atoms with Crippen LogP contribution < -0.4 is 10.6 Å². The zero-order valence-electron chi connectivity index (χ0n) is 19.3. The summed E-state index contributed by atoms with van der Waals surface area (Å²) in [6.07, 6.45) is 7.98. The van der Waals surface area contributed by atoms with Crippen molar-refractivity contribution >= 4 is 22.8 Å². The largest absolute Gasteiger partial charge is 0.324 e. The number of nitrogens with zero attached hydrogens (tertiary/aromatic N) is 5. The minimum atomic E-state index is -0.293. The predicted octanol–water partition coefficient (Wildman–Crippen LogP) is 4.08. The van der Waals surface area contributed by atoms with E-state index in [0.717, 1.165) is 38.3 Å². The Bertz CT molecular complexity index is 1300. The fourth-order valence-electron chi connectivity index (χ4n) is 4.65. The lowest BCUT2D eigenvalue weighted by molar-refractivity contribution is 0.185. The van der Waals surface area contributed by atoms with Crippen molar-refractivity contribution in [2.24, 2.45) is 5.92 Å². The van der Waals surface area contributed by atoms with Gasteiger partial charge in [0.25, 0.3) is 0 Å². The Balaban J connectivity index is 1.22. The van der Waals surface area contributed by atoms with Crippen LogP contribution in [0.5, 0.6) is 0 Å². The zero-order chi connectivity index (χ0) is 23.1. The molecule has 0 spiro atoms. The summed E-state index contributed by atoms with van der Waals surface area (Å²) in [4.78, 5) is 14.7. The number of piperazine rings is 1. The minimum absolute atomic E-state index is 0.293. The van der Waals surface area contributed by atoms with E-state index in [1.807, 2.05) is 17.1 Å². The van der Waals surface area contributed by atoms with Gasteiger partial charge in [-0.2, -0.15) is 5.10 Å². The normalized spacial score (nSPS) is 17.8. The van der Waals surface area contributed by atoms with E-state index < -0.39 is 0 Å². The standard InChI is InChI=1S/C25H29FN8/c1-16(33-8-6-27-7-9-33)18-4-5-28-24(10-18)32-25-30-22-11-20(21(26)12-23(22)31-25)19-13-29-34(15-19)14-17-2-3-17/h4-5,10-13,15-17,27H,2-3,6-9,14H2,1H3,(H2,28,30,31,32). The van der Waals surface area contributed by atoms with Crippen molar-refractivity contribution in [3.05, 3.63) is 54.2 Å². The first-order valence-electron chi connectivity index (χ1n) is 12.0. The van der Waals surface area contributed by atoms with Crippen LogP contribution in [0.2, 0.25) is 0 Å². The smallest absolute Gasteiger partial charge is 0.206 e. The van der Waals surface area contributed by atoms with Gasteiger partial charge >= 0.3 is 0 Å². The summed E-state index contributed by atoms with van der Waals surface area (Å²) >= 11 is 0. The molecule has 1 atom stereocenters. The Labute approximate surface area is 197 Å². The number of nitrogens with one attached hydrogen (secondary N) is 3. The fraction of sp³-hybridized carbons (Fsp3) is 0.400. The number of aromatic nitrogens is 5. The highest BCUT2D eigenvalue weighted by Crippen LogP contribution is 2.32. The van der Waals surface area contributed by atoms with Crippen LogP contribution in [-0.2, 0) is 6.54 Å². The van der Waals surface area contributed by atoms with Crippen molar-refractivity contribution in [2.45, 2.75) is 32.4 Å². The molecule has 1 aromatic carbocycles. The molecular formula is C25H29FN8. The molecule has 34 heavy (non-hydrogen) atoms. The number of hydrogen-bond acceptors (Lipinski definition) is 6. The Morgan fingerprint density at radius 2 is 2.06 bits per heavy atom. The average molecular weight is 461 g/mol. The van der Waals surface area contributed by atoms with Gasteiger partial charge < -0.3 is 15.6 Å². The number of H-pyrrole nitrogens is 1.